The Morgan fingerprint density at radius 1 is 1.12 bits per heavy atom. The lowest BCUT2D eigenvalue weighted by atomic mass is 10.1. The fourth-order valence-electron chi connectivity index (χ4n) is 1.30. The van der Waals surface area contributed by atoms with E-state index in [1.54, 1.807) is 30.4 Å². The highest BCUT2D eigenvalue weighted by molar-refractivity contribution is 5.90. The Hall–Kier alpha value is -1.89. The maximum absolute atomic E-state index is 11.4. The summed E-state index contributed by atoms with van der Waals surface area (Å²) in [5, 5.41) is 0. The second-order valence-corrected chi connectivity index (χ2v) is 3.43. The Balaban J connectivity index is 2.33. The Morgan fingerprint density at radius 3 is 2.56 bits per heavy atom. The van der Waals surface area contributed by atoms with E-state index in [2.05, 4.69) is 6.58 Å². The Labute approximate surface area is 96.8 Å². The number of carbonyl (C=O) groups excluding carboxylic acids is 1. The van der Waals surface area contributed by atoms with Crippen molar-refractivity contribution in [2.24, 2.45) is 0 Å². The first-order chi connectivity index (χ1) is 7.83. The smallest absolute Gasteiger partial charge is 0.156 e. The van der Waals surface area contributed by atoms with Gasteiger partial charge in [0.2, 0.25) is 0 Å². The van der Waals surface area contributed by atoms with Gasteiger partial charge in [0.25, 0.3) is 0 Å². The van der Waals surface area contributed by atoms with E-state index >= 15 is 0 Å². The second-order valence-electron chi connectivity index (χ2n) is 3.43. The van der Waals surface area contributed by atoms with Crippen molar-refractivity contribution in [3.8, 4) is 0 Å². The van der Waals surface area contributed by atoms with Gasteiger partial charge in [-0.2, -0.15) is 0 Å². The second kappa shape index (κ2) is 7.41. The van der Waals surface area contributed by atoms with Crippen LogP contribution in [-0.4, -0.2) is 5.78 Å². The number of benzene rings is 1. The van der Waals surface area contributed by atoms with Crippen LogP contribution in [0.3, 0.4) is 0 Å². The topological polar surface area (TPSA) is 17.1 Å². The van der Waals surface area contributed by atoms with Gasteiger partial charge in [-0.05, 0) is 18.1 Å². The average molecular weight is 212 g/mol. The number of aryl methyl sites for hydroxylation is 1. The highest BCUT2D eigenvalue weighted by atomic mass is 16.1. The van der Waals surface area contributed by atoms with Crippen LogP contribution in [0.2, 0.25) is 0 Å². The summed E-state index contributed by atoms with van der Waals surface area (Å²) in [5.74, 6) is 0.151. The normalized spacial score (nSPS) is 11.0. The van der Waals surface area contributed by atoms with Gasteiger partial charge in [-0.3, -0.25) is 4.79 Å². The van der Waals surface area contributed by atoms with Gasteiger partial charge >= 0.3 is 0 Å². The molecule has 0 saturated heterocycles. The summed E-state index contributed by atoms with van der Waals surface area (Å²) in [6, 6.07) is 10.0. The fraction of sp³-hybridized carbons (Fsp3) is 0.133. The van der Waals surface area contributed by atoms with Crippen LogP contribution in [-0.2, 0) is 11.2 Å². The molecule has 0 aliphatic carbocycles. The van der Waals surface area contributed by atoms with Crippen LogP contribution in [0.25, 0.3) is 0 Å². The molecule has 16 heavy (non-hydrogen) atoms. The van der Waals surface area contributed by atoms with Crippen LogP contribution in [0.1, 0.15) is 12.0 Å². The molecule has 0 aromatic heterocycles. The largest absolute Gasteiger partial charge is 0.295 e. The molecular weight excluding hydrogens is 196 g/mol. The molecule has 0 amide bonds. The number of allylic oxidation sites excluding steroid dienone is 5. The third-order valence-electron chi connectivity index (χ3n) is 2.14. The molecule has 0 radical (unpaired) electrons. The van der Waals surface area contributed by atoms with E-state index in [0.29, 0.717) is 6.42 Å². The van der Waals surface area contributed by atoms with Crippen LogP contribution < -0.4 is 0 Å². The van der Waals surface area contributed by atoms with Gasteiger partial charge in [-0.15, -0.1) is 0 Å². The van der Waals surface area contributed by atoms with E-state index in [1.807, 2.05) is 30.3 Å². The maximum Gasteiger partial charge on any atom is 0.156 e. The Morgan fingerprint density at radius 2 is 1.88 bits per heavy atom. The van der Waals surface area contributed by atoms with E-state index in [4.69, 9.17) is 0 Å². The molecule has 0 atom stereocenters. The first-order valence-electron chi connectivity index (χ1n) is 5.35. The van der Waals surface area contributed by atoms with Gasteiger partial charge in [0.1, 0.15) is 0 Å². The van der Waals surface area contributed by atoms with Crippen molar-refractivity contribution in [1.82, 2.24) is 0 Å². The van der Waals surface area contributed by atoms with E-state index in [1.165, 1.54) is 5.56 Å². The Bertz CT molecular complexity index is 385. The number of hydrogen-bond donors (Lipinski definition) is 0. The van der Waals surface area contributed by atoms with Crippen molar-refractivity contribution in [1.29, 1.82) is 0 Å². The number of rotatable bonds is 6. The van der Waals surface area contributed by atoms with E-state index in [9.17, 15) is 4.79 Å². The minimum atomic E-state index is 0.151. The number of carbonyl (C=O) groups is 1. The molecule has 0 heterocycles. The van der Waals surface area contributed by atoms with Gasteiger partial charge in [0.15, 0.2) is 5.78 Å². The van der Waals surface area contributed by atoms with Crippen molar-refractivity contribution in [2.75, 3.05) is 0 Å². The highest BCUT2D eigenvalue weighted by Crippen LogP contribution is 2.03. The summed E-state index contributed by atoms with van der Waals surface area (Å²) < 4.78 is 0. The lowest BCUT2D eigenvalue weighted by molar-refractivity contribution is -0.114. The minimum Gasteiger partial charge on any atom is -0.295 e. The molecule has 1 heteroatoms. The zero-order valence-corrected chi connectivity index (χ0v) is 9.30. The fourth-order valence-corrected chi connectivity index (χ4v) is 1.30. The SMILES string of the molecule is C=CC=CC=CC(=O)CCc1ccccc1. The van der Waals surface area contributed by atoms with Gasteiger partial charge in [-0.25, -0.2) is 0 Å². The molecule has 0 saturated carbocycles. The average Bonchev–Trinajstić information content (AvgIpc) is 2.33. The zero-order valence-electron chi connectivity index (χ0n) is 9.30. The van der Waals surface area contributed by atoms with E-state index in [-0.39, 0.29) is 5.78 Å². The monoisotopic (exact) mass is 212 g/mol. The van der Waals surface area contributed by atoms with E-state index in [0.717, 1.165) is 6.42 Å². The molecule has 1 aromatic carbocycles. The van der Waals surface area contributed by atoms with Gasteiger partial charge in [0, 0.05) is 6.42 Å². The van der Waals surface area contributed by atoms with Crippen molar-refractivity contribution in [3.63, 3.8) is 0 Å². The molecule has 0 spiro atoms. The summed E-state index contributed by atoms with van der Waals surface area (Å²) >= 11 is 0. The van der Waals surface area contributed by atoms with Crippen LogP contribution in [0, 0.1) is 0 Å². The summed E-state index contributed by atoms with van der Waals surface area (Å²) in [4.78, 5) is 11.4. The molecular formula is C15H16O. The van der Waals surface area contributed by atoms with Gasteiger partial charge in [0.05, 0.1) is 0 Å². The van der Waals surface area contributed by atoms with Gasteiger partial charge in [-0.1, -0.05) is 61.2 Å². The number of hydrogen-bond acceptors (Lipinski definition) is 1. The summed E-state index contributed by atoms with van der Waals surface area (Å²) in [7, 11) is 0. The predicted molar refractivity (Wildman–Crippen MR) is 68.2 cm³/mol. The van der Waals surface area contributed by atoms with Crippen molar-refractivity contribution in [2.45, 2.75) is 12.8 Å². The van der Waals surface area contributed by atoms with Crippen LogP contribution >= 0.6 is 0 Å². The summed E-state index contributed by atoms with van der Waals surface area (Å²) in [6.45, 7) is 3.55. The first kappa shape index (κ1) is 12.2. The molecule has 1 nitrogen and oxygen atoms in total. The van der Waals surface area contributed by atoms with Gasteiger partial charge < -0.3 is 0 Å². The molecule has 0 unspecified atom stereocenters. The molecule has 0 N–H and O–H groups in total. The predicted octanol–water partition coefficient (Wildman–Crippen LogP) is 3.49. The molecule has 0 aliphatic rings. The molecule has 0 fully saturated rings. The highest BCUT2D eigenvalue weighted by Gasteiger charge is 1.97. The van der Waals surface area contributed by atoms with Crippen LogP contribution in [0.15, 0.2) is 67.3 Å². The lowest BCUT2D eigenvalue weighted by Crippen LogP contribution is -1.95. The summed E-state index contributed by atoms with van der Waals surface area (Å²) in [6.07, 6.45) is 9.97. The maximum atomic E-state index is 11.4. The van der Waals surface area contributed by atoms with Crippen molar-refractivity contribution in [3.05, 3.63) is 72.9 Å². The van der Waals surface area contributed by atoms with Crippen LogP contribution in [0.4, 0.5) is 0 Å². The van der Waals surface area contributed by atoms with E-state index < -0.39 is 0 Å². The van der Waals surface area contributed by atoms with Crippen molar-refractivity contribution < 1.29 is 4.79 Å². The minimum absolute atomic E-state index is 0.151. The number of ketones is 1. The standard InChI is InChI=1S/C15H16O/c1-2-3-4-8-11-15(16)13-12-14-9-6-5-7-10-14/h2-11H,1,12-13H2. The van der Waals surface area contributed by atoms with Crippen molar-refractivity contribution >= 4 is 5.78 Å². The Kier molecular flexibility index (Phi) is 5.64. The molecule has 1 rings (SSSR count). The lowest BCUT2D eigenvalue weighted by Gasteiger charge is -1.97. The molecule has 0 aliphatic heterocycles. The molecule has 1 aromatic rings. The third-order valence-corrected chi connectivity index (χ3v) is 2.14. The van der Waals surface area contributed by atoms with Crippen LogP contribution in [0.5, 0.6) is 0 Å². The molecule has 0 bridgehead atoms. The quantitative estimate of drug-likeness (QED) is 0.521. The zero-order chi connectivity index (χ0) is 11.6. The first-order valence-corrected chi connectivity index (χ1v) is 5.35. The molecule has 82 valence electrons. The third kappa shape index (κ3) is 5.11. The summed E-state index contributed by atoms with van der Waals surface area (Å²) in [5.41, 5.74) is 1.20.